The first kappa shape index (κ1) is 38.9. The van der Waals surface area contributed by atoms with Gasteiger partial charge in [-0.3, -0.25) is 19.2 Å². The zero-order chi connectivity index (χ0) is 35.9. The molecule has 49 heavy (non-hydrogen) atoms. The van der Waals surface area contributed by atoms with Gasteiger partial charge in [0.1, 0.15) is 11.9 Å². The summed E-state index contributed by atoms with van der Waals surface area (Å²) in [6.45, 7) is 11.1. The second-order valence-corrected chi connectivity index (χ2v) is 13.0. The molecule has 3 rings (SSSR count). The van der Waals surface area contributed by atoms with Crippen LogP contribution in [0.3, 0.4) is 0 Å². The molecule has 264 valence electrons. The number of nitrogens with zero attached hydrogens (tertiary/aromatic N) is 1. The Hall–Kier alpha value is -4.57. The molecule has 4 amide bonds. The minimum absolute atomic E-state index is 0.139. The fourth-order valence-corrected chi connectivity index (χ4v) is 5.71. The quantitative estimate of drug-likeness (QED) is 0.147. The summed E-state index contributed by atoms with van der Waals surface area (Å²) < 4.78 is 14.1. The van der Waals surface area contributed by atoms with Crippen LogP contribution in [0, 0.1) is 17.7 Å². The molecule has 0 aliphatic heterocycles. The van der Waals surface area contributed by atoms with Gasteiger partial charge >= 0.3 is 0 Å². The summed E-state index contributed by atoms with van der Waals surface area (Å²) in [5.74, 6) is -2.38. The number of carbonyl (C=O) groups is 4. The van der Waals surface area contributed by atoms with E-state index in [4.69, 9.17) is 5.73 Å². The smallest absolute Gasteiger partial charge is 0.253 e. The largest absolute Gasteiger partial charge is 0.350 e. The zero-order valence-corrected chi connectivity index (χ0v) is 29.4. The highest BCUT2D eigenvalue weighted by molar-refractivity contribution is 5.99. The second kappa shape index (κ2) is 19.4. The molecule has 0 radical (unpaired) electrons. The highest BCUT2D eigenvalue weighted by Crippen LogP contribution is 2.17. The molecule has 3 aromatic rings. The standard InChI is InChI=1S/C39H52FN5O4/c1-6-19-45(20-7-2)39(49)31-17-12-16-30(24-31)37(47)43-34(23-29-15-11-18-32(40)22-29)33(41)21-27(5)36(46)44-35(26(3)4)38(48)42-25-28-13-9-8-10-14-28/h8-18,22,24,26-27,33-35H,6-7,19-21,23,25,41H2,1-5H3,(H,42,48)(H,43,47)(H,44,46). The van der Waals surface area contributed by atoms with E-state index >= 15 is 0 Å². The number of hydrogen-bond donors (Lipinski definition) is 4. The lowest BCUT2D eigenvalue weighted by Gasteiger charge is -2.29. The number of carbonyl (C=O) groups excluding carboxylic acids is 4. The summed E-state index contributed by atoms with van der Waals surface area (Å²) in [5, 5.41) is 8.78. The van der Waals surface area contributed by atoms with E-state index in [0.717, 1.165) is 18.4 Å². The lowest BCUT2D eigenvalue weighted by atomic mass is 9.91. The van der Waals surface area contributed by atoms with Gasteiger partial charge in [-0.1, -0.05) is 83.1 Å². The molecular formula is C39H52FN5O4. The van der Waals surface area contributed by atoms with Crippen LogP contribution >= 0.6 is 0 Å². The topological polar surface area (TPSA) is 134 Å². The van der Waals surface area contributed by atoms with Crippen molar-refractivity contribution in [3.8, 4) is 0 Å². The van der Waals surface area contributed by atoms with E-state index in [1.54, 1.807) is 48.2 Å². The zero-order valence-electron chi connectivity index (χ0n) is 29.4. The molecule has 0 bridgehead atoms. The Kier molecular flexibility index (Phi) is 15.4. The molecule has 0 heterocycles. The molecule has 5 N–H and O–H groups in total. The van der Waals surface area contributed by atoms with Crippen molar-refractivity contribution in [1.82, 2.24) is 20.9 Å². The molecular weight excluding hydrogens is 621 g/mol. The molecule has 4 unspecified atom stereocenters. The Morgan fingerprint density at radius 2 is 1.41 bits per heavy atom. The first-order valence-corrected chi connectivity index (χ1v) is 17.3. The molecule has 0 fully saturated rings. The van der Waals surface area contributed by atoms with Crippen molar-refractivity contribution in [2.24, 2.45) is 17.6 Å². The van der Waals surface area contributed by atoms with Crippen LogP contribution in [-0.4, -0.2) is 59.7 Å². The molecule has 0 aromatic heterocycles. The van der Waals surface area contributed by atoms with Crippen molar-refractivity contribution in [2.75, 3.05) is 13.1 Å². The van der Waals surface area contributed by atoms with E-state index in [1.807, 2.05) is 58.0 Å². The van der Waals surface area contributed by atoms with E-state index in [9.17, 15) is 23.6 Å². The van der Waals surface area contributed by atoms with Gasteiger partial charge < -0.3 is 26.6 Å². The Morgan fingerprint density at radius 1 is 0.776 bits per heavy atom. The normalized spacial score (nSPS) is 13.6. The average Bonchev–Trinajstić information content (AvgIpc) is 3.09. The second-order valence-electron chi connectivity index (χ2n) is 13.0. The molecule has 9 nitrogen and oxygen atoms in total. The van der Waals surface area contributed by atoms with E-state index in [0.29, 0.717) is 36.3 Å². The number of hydrogen-bond acceptors (Lipinski definition) is 5. The number of rotatable bonds is 18. The van der Waals surface area contributed by atoms with Crippen LogP contribution in [0.1, 0.15) is 85.7 Å². The van der Waals surface area contributed by atoms with Crippen LogP contribution in [-0.2, 0) is 22.6 Å². The summed E-state index contributed by atoms with van der Waals surface area (Å²) in [7, 11) is 0. The van der Waals surface area contributed by atoms with E-state index in [1.165, 1.54) is 12.1 Å². The van der Waals surface area contributed by atoms with Crippen LogP contribution in [0.4, 0.5) is 4.39 Å². The maximum atomic E-state index is 14.1. The molecule has 0 aliphatic rings. The Labute approximate surface area is 290 Å². The minimum atomic E-state index is -0.752. The van der Waals surface area contributed by atoms with E-state index in [2.05, 4.69) is 16.0 Å². The van der Waals surface area contributed by atoms with Gasteiger partial charge in [0.25, 0.3) is 11.8 Å². The maximum Gasteiger partial charge on any atom is 0.253 e. The van der Waals surface area contributed by atoms with E-state index < -0.39 is 35.8 Å². The molecule has 10 heteroatoms. The van der Waals surface area contributed by atoms with Gasteiger partial charge in [0.05, 0.1) is 0 Å². The van der Waals surface area contributed by atoms with E-state index in [-0.39, 0.29) is 36.5 Å². The monoisotopic (exact) mass is 673 g/mol. The van der Waals surface area contributed by atoms with Gasteiger partial charge in [-0.05, 0) is 73.1 Å². The third-order valence-electron chi connectivity index (χ3n) is 8.45. The maximum absolute atomic E-state index is 14.1. The SMILES string of the molecule is CCCN(CCC)C(=O)c1cccc(C(=O)NC(Cc2cccc(F)c2)C(N)CC(C)C(=O)NC(C(=O)NCc2ccccc2)C(C)C)c1. The lowest BCUT2D eigenvalue weighted by Crippen LogP contribution is -2.53. The van der Waals surface area contributed by atoms with Crippen LogP contribution in [0.2, 0.25) is 0 Å². The molecule has 0 saturated carbocycles. The number of nitrogens with two attached hydrogens (primary N) is 1. The third-order valence-corrected chi connectivity index (χ3v) is 8.45. The average molecular weight is 674 g/mol. The molecule has 0 aliphatic carbocycles. The highest BCUT2D eigenvalue weighted by atomic mass is 19.1. The predicted octanol–water partition coefficient (Wildman–Crippen LogP) is 5.24. The highest BCUT2D eigenvalue weighted by Gasteiger charge is 2.30. The van der Waals surface area contributed by atoms with Gasteiger partial charge in [-0.15, -0.1) is 0 Å². The van der Waals surface area contributed by atoms with Crippen molar-refractivity contribution in [2.45, 2.75) is 85.0 Å². The number of benzene rings is 3. The summed E-state index contributed by atoms with van der Waals surface area (Å²) in [6.07, 6.45) is 2.04. The lowest BCUT2D eigenvalue weighted by molar-refractivity contribution is -0.132. The molecule has 4 atom stereocenters. The van der Waals surface area contributed by atoms with Crippen LogP contribution in [0.15, 0.2) is 78.9 Å². The van der Waals surface area contributed by atoms with Crippen molar-refractivity contribution < 1.29 is 23.6 Å². The Balaban J connectivity index is 1.74. The number of nitrogens with one attached hydrogen (secondary N) is 3. The van der Waals surface area contributed by atoms with Crippen molar-refractivity contribution in [3.63, 3.8) is 0 Å². The Morgan fingerprint density at radius 3 is 2.04 bits per heavy atom. The van der Waals surface area contributed by atoms with Gasteiger partial charge in [0.15, 0.2) is 0 Å². The molecule has 3 aromatic carbocycles. The van der Waals surface area contributed by atoms with Crippen molar-refractivity contribution in [1.29, 1.82) is 0 Å². The van der Waals surface area contributed by atoms with Crippen molar-refractivity contribution >= 4 is 23.6 Å². The first-order chi connectivity index (χ1) is 23.4. The summed E-state index contributed by atoms with van der Waals surface area (Å²) in [6, 6.07) is 20.0. The van der Waals surface area contributed by atoms with Gasteiger partial charge in [-0.2, -0.15) is 0 Å². The summed E-state index contributed by atoms with van der Waals surface area (Å²) in [4.78, 5) is 55.0. The molecule has 0 saturated heterocycles. The minimum Gasteiger partial charge on any atom is -0.350 e. The van der Waals surface area contributed by atoms with Crippen LogP contribution in [0.25, 0.3) is 0 Å². The van der Waals surface area contributed by atoms with Gasteiger partial charge in [0, 0.05) is 48.8 Å². The number of amides is 4. The fourth-order valence-electron chi connectivity index (χ4n) is 5.71. The summed E-state index contributed by atoms with van der Waals surface area (Å²) >= 11 is 0. The third kappa shape index (κ3) is 12.1. The molecule has 0 spiro atoms. The number of halogens is 1. The van der Waals surface area contributed by atoms with Crippen LogP contribution in [0.5, 0.6) is 0 Å². The van der Waals surface area contributed by atoms with Crippen molar-refractivity contribution in [3.05, 3.63) is 107 Å². The Bertz CT molecular complexity index is 1530. The van der Waals surface area contributed by atoms with Gasteiger partial charge in [0.2, 0.25) is 11.8 Å². The predicted molar refractivity (Wildman–Crippen MR) is 191 cm³/mol. The van der Waals surface area contributed by atoms with Gasteiger partial charge in [-0.25, -0.2) is 4.39 Å². The fraction of sp³-hybridized carbons (Fsp3) is 0.436. The van der Waals surface area contributed by atoms with Crippen LogP contribution < -0.4 is 21.7 Å². The summed E-state index contributed by atoms with van der Waals surface area (Å²) in [5.41, 5.74) is 8.98. The first-order valence-electron chi connectivity index (χ1n) is 17.3.